The Bertz CT molecular complexity index is 863. The van der Waals surface area contributed by atoms with Crippen molar-refractivity contribution in [3.63, 3.8) is 0 Å². The summed E-state index contributed by atoms with van der Waals surface area (Å²) in [5.41, 5.74) is 1.04. The quantitative estimate of drug-likeness (QED) is 0.393. The topological polar surface area (TPSA) is 114 Å². The molecule has 202 valence electrons. The van der Waals surface area contributed by atoms with Crippen LogP contribution in [-0.2, 0) is 30.3 Å². The monoisotopic (exact) mass is 505 g/mol. The van der Waals surface area contributed by atoms with Crippen molar-refractivity contribution in [2.24, 2.45) is 0 Å². The van der Waals surface area contributed by atoms with Crippen LogP contribution in [0.25, 0.3) is 0 Å². The Balaban J connectivity index is 3.23. The van der Waals surface area contributed by atoms with E-state index in [1.54, 1.807) is 34.6 Å². The molecule has 0 fully saturated rings. The third-order valence-electron chi connectivity index (χ3n) is 5.34. The zero-order valence-electron chi connectivity index (χ0n) is 22.8. The van der Waals surface area contributed by atoms with Crippen LogP contribution in [0.5, 0.6) is 0 Å². The molecule has 0 aromatic heterocycles. The SMILES string of the molecule is CCCCN(C(=O)C(C)NC(=O)OC(C)(C)C)C(C(=O)NCCC(=O)OCC)c1ccc(CC)cc1. The van der Waals surface area contributed by atoms with Crippen molar-refractivity contribution >= 4 is 23.9 Å². The first-order chi connectivity index (χ1) is 16.9. The summed E-state index contributed by atoms with van der Waals surface area (Å²) in [5, 5.41) is 5.36. The van der Waals surface area contributed by atoms with Crippen molar-refractivity contribution in [2.45, 2.75) is 91.8 Å². The second kappa shape index (κ2) is 15.1. The number of hydrogen-bond donors (Lipinski definition) is 2. The number of nitrogens with zero attached hydrogens (tertiary/aromatic N) is 1. The number of carbonyl (C=O) groups excluding carboxylic acids is 4. The molecule has 2 unspecified atom stereocenters. The van der Waals surface area contributed by atoms with E-state index in [-0.39, 0.29) is 19.6 Å². The van der Waals surface area contributed by atoms with E-state index in [4.69, 9.17) is 9.47 Å². The minimum Gasteiger partial charge on any atom is -0.466 e. The Kier molecular flexibility index (Phi) is 13.0. The van der Waals surface area contributed by atoms with E-state index in [2.05, 4.69) is 10.6 Å². The molecule has 36 heavy (non-hydrogen) atoms. The lowest BCUT2D eigenvalue weighted by atomic mass is 10.00. The molecule has 0 radical (unpaired) electrons. The van der Waals surface area contributed by atoms with Crippen LogP contribution < -0.4 is 10.6 Å². The average Bonchev–Trinajstić information content (AvgIpc) is 2.80. The number of rotatable bonds is 13. The predicted octanol–water partition coefficient (Wildman–Crippen LogP) is 3.90. The van der Waals surface area contributed by atoms with Crippen molar-refractivity contribution in [2.75, 3.05) is 19.7 Å². The molecule has 0 aliphatic carbocycles. The van der Waals surface area contributed by atoms with Crippen molar-refractivity contribution in [1.82, 2.24) is 15.5 Å². The molecular weight excluding hydrogens is 462 g/mol. The van der Waals surface area contributed by atoms with Gasteiger partial charge >= 0.3 is 12.1 Å². The van der Waals surface area contributed by atoms with E-state index in [0.717, 1.165) is 18.4 Å². The molecule has 0 heterocycles. The largest absolute Gasteiger partial charge is 0.466 e. The van der Waals surface area contributed by atoms with E-state index in [1.165, 1.54) is 4.90 Å². The molecule has 0 bridgehead atoms. The van der Waals surface area contributed by atoms with E-state index < -0.39 is 41.6 Å². The lowest BCUT2D eigenvalue weighted by Crippen LogP contribution is -2.52. The summed E-state index contributed by atoms with van der Waals surface area (Å²) < 4.78 is 10.2. The fraction of sp³-hybridized carbons (Fsp3) is 0.630. The molecule has 2 N–H and O–H groups in total. The zero-order chi connectivity index (χ0) is 27.3. The minimum atomic E-state index is -0.931. The van der Waals surface area contributed by atoms with Gasteiger partial charge < -0.3 is 25.0 Å². The van der Waals surface area contributed by atoms with Crippen LogP contribution in [0.15, 0.2) is 24.3 Å². The second-order valence-corrected chi connectivity index (χ2v) is 9.60. The number of nitrogens with one attached hydrogen (secondary N) is 2. The smallest absolute Gasteiger partial charge is 0.408 e. The number of amides is 3. The van der Waals surface area contributed by atoms with Crippen LogP contribution in [0.3, 0.4) is 0 Å². The van der Waals surface area contributed by atoms with Gasteiger partial charge in [0.1, 0.15) is 17.7 Å². The third-order valence-corrected chi connectivity index (χ3v) is 5.34. The number of aryl methyl sites for hydroxylation is 1. The zero-order valence-corrected chi connectivity index (χ0v) is 22.8. The van der Waals surface area contributed by atoms with Crippen molar-refractivity contribution in [3.8, 4) is 0 Å². The molecule has 0 saturated heterocycles. The van der Waals surface area contributed by atoms with Gasteiger partial charge in [-0.3, -0.25) is 14.4 Å². The van der Waals surface area contributed by atoms with Gasteiger partial charge in [-0.15, -0.1) is 0 Å². The molecular formula is C27H43N3O6. The fourth-order valence-electron chi connectivity index (χ4n) is 3.52. The normalized spacial score (nSPS) is 12.8. The predicted molar refractivity (Wildman–Crippen MR) is 138 cm³/mol. The lowest BCUT2D eigenvalue weighted by Gasteiger charge is -2.33. The number of esters is 1. The van der Waals surface area contributed by atoms with Gasteiger partial charge in [0.15, 0.2) is 0 Å². The van der Waals surface area contributed by atoms with Gasteiger partial charge in [-0.25, -0.2) is 4.79 Å². The lowest BCUT2D eigenvalue weighted by molar-refractivity contribution is -0.144. The molecule has 0 aliphatic rings. The Labute approximate surface area is 215 Å². The maximum atomic E-state index is 13.6. The highest BCUT2D eigenvalue weighted by atomic mass is 16.6. The number of carbonyl (C=O) groups is 4. The molecule has 2 atom stereocenters. The molecule has 3 amide bonds. The number of alkyl carbamates (subject to hydrolysis) is 1. The van der Waals surface area contributed by atoms with Crippen LogP contribution in [0, 0.1) is 0 Å². The Hall–Kier alpha value is -3.10. The van der Waals surface area contributed by atoms with E-state index in [0.29, 0.717) is 18.5 Å². The second-order valence-electron chi connectivity index (χ2n) is 9.60. The maximum Gasteiger partial charge on any atom is 0.408 e. The Morgan fingerprint density at radius 1 is 1.03 bits per heavy atom. The van der Waals surface area contributed by atoms with Gasteiger partial charge in [-0.2, -0.15) is 0 Å². The number of unbranched alkanes of at least 4 members (excludes halogenated alkanes) is 1. The highest BCUT2D eigenvalue weighted by Crippen LogP contribution is 2.24. The summed E-state index contributed by atoms with van der Waals surface area (Å²) in [4.78, 5) is 52.5. The first kappa shape index (κ1) is 30.9. The average molecular weight is 506 g/mol. The summed E-state index contributed by atoms with van der Waals surface area (Å²) >= 11 is 0. The molecule has 0 saturated carbocycles. The Morgan fingerprint density at radius 3 is 2.19 bits per heavy atom. The van der Waals surface area contributed by atoms with Gasteiger partial charge in [0.05, 0.1) is 13.0 Å². The first-order valence-corrected chi connectivity index (χ1v) is 12.8. The van der Waals surface area contributed by atoms with Crippen LogP contribution >= 0.6 is 0 Å². The first-order valence-electron chi connectivity index (χ1n) is 12.8. The van der Waals surface area contributed by atoms with Gasteiger partial charge in [0.25, 0.3) is 0 Å². The van der Waals surface area contributed by atoms with Crippen LogP contribution in [0.4, 0.5) is 4.79 Å². The van der Waals surface area contributed by atoms with Crippen LogP contribution in [-0.4, -0.2) is 60.1 Å². The summed E-state index contributed by atoms with van der Waals surface area (Å²) in [7, 11) is 0. The van der Waals surface area contributed by atoms with Crippen LogP contribution in [0.1, 0.15) is 84.9 Å². The van der Waals surface area contributed by atoms with Crippen molar-refractivity contribution in [1.29, 1.82) is 0 Å². The number of hydrogen-bond acceptors (Lipinski definition) is 6. The van der Waals surface area contributed by atoms with Crippen molar-refractivity contribution in [3.05, 3.63) is 35.4 Å². The molecule has 0 spiro atoms. The molecule has 0 aliphatic heterocycles. The highest BCUT2D eigenvalue weighted by molar-refractivity contribution is 5.92. The highest BCUT2D eigenvalue weighted by Gasteiger charge is 2.34. The standard InChI is InChI=1S/C27H43N3O6/c1-8-11-18-30(25(33)19(4)29-26(34)36-27(5,6)7)23(21-14-12-20(9-2)13-15-21)24(32)28-17-16-22(31)35-10-3/h12-15,19,23H,8-11,16-18H2,1-7H3,(H,28,32)(H,29,34). The molecule has 1 rings (SSSR count). The summed E-state index contributed by atoms with van der Waals surface area (Å²) in [6, 6.07) is 5.69. The van der Waals surface area contributed by atoms with Gasteiger partial charge in [-0.1, -0.05) is 44.5 Å². The third kappa shape index (κ3) is 10.7. The summed E-state index contributed by atoms with van der Waals surface area (Å²) in [5.74, 6) is -1.22. The number of benzene rings is 1. The Morgan fingerprint density at radius 2 is 1.67 bits per heavy atom. The molecule has 9 heteroatoms. The van der Waals surface area contributed by atoms with E-state index in [1.807, 2.05) is 38.1 Å². The van der Waals surface area contributed by atoms with E-state index >= 15 is 0 Å². The number of ether oxygens (including phenoxy) is 2. The van der Waals surface area contributed by atoms with Gasteiger partial charge in [0, 0.05) is 13.1 Å². The maximum absolute atomic E-state index is 13.6. The minimum absolute atomic E-state index is 0.0284. The summed E-state index contributed by atoms with van der Waals surface area (Å²) in [6.07, 6.45) is 1.64. The van der Waals surface area contributed by atoms with E-state index in [9.17, 15) is 19.2 Å². The summed E-state index contributed by atoms with van der Waals surface area (Å²) in [6.45, 7) is 13.2. The van der Waals surface area contributed by atoms with Crippen molar-refractivity contribution < 1.29 is 28.7 Å². The van der Waals surface area contributed by atoms with Gasteiger partial charge in [0.2, 0.25) is 11.8 Å². The molecule has 1 aromatic carbocycles. The van der Waals surface area contributed by atoms with Crippen LogP contribution in [0.2, 0.25) is 0 Å². The molecule has 9 nitrogen and oxygen atoms in total. The fourth-order valence-corrected chi connectivity index (χ4v) is 3.52. The molecule has 1 aromatic rings. The van der Waals surface area contributed by atoms with Gasteiger partial charge in [-0.05, 0) is 58.6 Å².